The average molecular weight is 285 g/mol. The van der Waals surface area contributed by atoms with Gasteiger partial charge in [0.2, 0.25) is 0 Å². The summed E-state index contributed by atoms with van der Waals surface area (Å²) in [4.78, 5) is 4.21. The standard InChI is InChI=1S/C12H14F3N5/c13-12(14,15)6-5-8(7-3-1-2-4-17-7)18-11-9(6)10(16)19-20-11/h5,7,17H,1-4H2,(H3,16,18,19,20)/t7-/m0/s1. The predicted octanol–water partition coefficient (Wildman–Crippen LogP) is 2.37. The Labute approximate surface area is 112 Å². The number of hydrogen-bond acceptors (Lipinski definition) is 4. The van der Waals surface area contributed by atoms with Crippen LogP contribution in [0.15, 0.2) is 6.07 Å². The van der Waals surface area contributed by atoms with Gasteiger partial charge in [0.15, 0.2) is 5.65 Å². The van der Waals surface area contributed by atoms with Crippen LogP contribution < -0.4 is 11.1 Å². The summed E-state index contributed by atoms with van der Waals surface area (Å²) in [6, 6.07) is 0.921. The van der Waals surface area contributed by atoms with Crippen molar-refractivity contribution in [3.8, 4) is 0 Å². The molecule has 4 N–H and O–H groups in total. The molecule has 20 heavy (non-hydrogen) atoms. The van der Waals surface area contributed by atoms with Gasteiger partial charge < -0.3 is 11.1 Å². The highest BCUT2D eigenvalue weighted by atomic mass is 19.4. The molecule has 2 aromatic rings. The van der Waals surface area contributed by atoms with Crippen LogP contribution in [0.3, 0.4) is 0 Å². The molecule has 0 bridgehead atoms. The Kier molecular flexibility index (Phi) is 3.04. The van der Waals surface area contributed by atoms with E-state index in [1.807, 2.05) is 0 Å². The number of piperidine rings is 1. The van der Waals surface area contributed by atoms with Crippen molar-refractivity contribution >= 4 is 16.9 Å². The maximum Gasteiger partial charge on any atom is 0.417 e. The van der Waals surface area contributed by atoms with Gasteiger partial charge in [-0.25, -0.2) is 4.98 Å². The Morgan fingerprint density at radius 3 is 2.75 bits per heavy atom. The molecule has 2 aromatic heterocycles. The summed E-state index contributed by atoms with van der Waals surface area (Å²) in [6.45, 7) is 0.786. The molecule has 0 aliphatic carbocycles. The number of pyridine rings is 1. The Balaban J connectivity index is 2.15. The minimum absolute atomic E-state index is 0.0136. The van der Waals surface area contributed by atoms with Crippen LogP contribution in [0.1, 0.15) is 36.6 Å². The first-order valence-corrected chi connectivity index (χ1v) is 6.42. The van der Waals surface area contributed by atoms with Gasteiger partial charge in [0.05, 0.1) is 16.6 Å². The Bertz CT molecular complexity index is 628. The van der Waals surface area contributed by atoms with E-state index in [1.165, 1.54) is 0 Å². The number of fused-ring (bicyclic) bond motifs is 1. The molecule has 1 aliphatic heterocycles. The van der Waals surface area contributed by atoms with E-state index >= 15 is 0 Å². The monoisotopic (exact) mass is 285 g/mol. The summed E-state index contributed by atoms with van der Waals surface area (Å²) in [5, 5.41) is 9.15. The molecule has 0 saturated carbocycles. The number of nitrogens with one attached hydrogen (secondary N) is 2. The minimum Gasteiger partial charge on any atom is -0.383 e. The van der Waals surface area contributed by atoms with Crippen molar-refractivity contribution in [1.29, 1.82) is 0 Å². The fraction of sp³-hybridized carbons (Fsp3) is 0.500. The van der Waals surface area contributed by atoms with Crippen LogP contribution in [0.5, 0.6) is 0 Å². The summed E-state index contributed by atoms with van der Waals surface area (Å²) in [7, 11) is 0. The number of nitrogens with two attached hydrogens (primary N) is 1. The van der Waals surface area contributed by atoms with Gasteiger partial charge in [-0.2, -0.15) is 18.3 Å². The van der Waals surface area contributed by atoms with Crippen molar-refractivity contribution in [2.75, 3.05) is 12.3 Å². The maximum absolute atomic E-state index is 13.2. The third kappa shape index (κ3) is 2.20. The number of nitrogen functional groups attached to an aromatic ring is 1. The number of H-pyrrole nitrogens is 1. The molecule has 8 heteroatoms. The molecule has 108 valence electrons. The van der Waals surface area contributed by atoms with Crippen LogP contribution in [0.2, 0.25) is 0 Å². The first kappa shape index (κ1) is 13.2. The molecule has 0 spiro atoms. The summed E-state index contributed by atoms with van der Waals surface area (Å²) < 4.78 is 39.5. The smallest absolute Gasteiger partial charge is 0.383 e. The zero-order valence-corrected chi connectivity index (χ0v) is 10.6. The van der Waals surface area contributed by atoms with Crippen molar-refractivity contribution in [2.24, 2.45) is 0 Å². The number of hydrogen-bond donors (Lipinski definition) is 3. The highest BCUT2D eigenvalue weighted by Crippen LogP contribution is 2.38. The van der Waals surface area contributed by atoms with Crippen molar-refractivity contribution in [2.45, 2.75) is 31.5 Å². The number of nitrogens with zero attached hydrogens (tertiary/aromatic N) is 2. The molecule has 0 amide bonds. The molecule has 0 radical (unpaired) electrons. The molecule has 0 aromatic carbocycles. The lowest BCUT2D eigenvalue weighted by Crippen LogP contribution is -2.28. The highest BCUT2D eigenvalue weighted by molar-refractivity contribution is 5.89. The van der Waals surface area contributed by atoms with Gasteiger partial charge in [-0.15, -0.1) is 0 Å². The molecule has 1 fully saturated rings. The number of alkyl halides is 3. The van der Waals surface area contributed by atoms with E-state index < -0.39 is 11.7 Å². The lowest BCUT2D eigenvalue weighted by atomic mass is 9.99. The number of aromatic nitrogens is 3. The zero-order valence-electron chi connectivity index (χ0n) is 10.6. The summed E-state index contributed by atoms with van der Waals surface area (Å²) in [6.07, 6.45) is -1.71. The van der Waals surface area contributed by atoms with Crippen molar-refractivity contribution in [3.05, 3.63) is 17.3 Å². The van der Waals surface area contributed by atoms with Gasteiger partial charge in [-0.05, 0) is 25.5 Å². The molecule has 5 nitrogen and oxygen atoms in total. The average Bonchev–Trinajstić information content (AvgIpc) is 2.79. The quantitative estimate of drug-likeness (QED) is 0.751. The molecular formula is C12H14F3N5. The van der Waals surface area contributed by atoms with Crippen LogP contribution in [-0.4, -0.2) is 21.7 Å². The fourth-order valence-corrected chi connectivity index (χ4v) is 2.57. The Morgan fingerprint density at radius 1 is 1.30 bits per heavy atom. The lowest BCUT2D eigenvalue weighted by molar-refractivity contribution is -0.136. The van der Waals surface area contributed by atoms with Gasteiger partial charge in [0.25, 0.3) is 0 Å². The van der Waals surface area contributed by atoms with Gasteiger partial charge in [0, 0.05) is 6.04 Å². The summed E-state index contributed by atoms with van der Waals surface area (Å²) in [5.41, 5.74) is 5.13. The molecule has 3 heterocycles. The van der Waals surface area contributed by atoms with Gasteiger partial charge in [-0.3, -0.25) is 5.10 Å². The first-order valence-electron chi connectivity index (χ1n) is 6.42. The topological polar surface area (TPSA) is 79.6 Å². The molecule has 1 atom stereocenters. The molecule has 3 rings (SSSR count). The van der Waals surface area contributed by atoms with E-state index in [1.54, 1.807) is 0 Å². The van der Waals surface area contributed by atoms with E-state index in [9.17, 15) is 13.2 Å². The second-order valence-corrected chi connectivity index (χ2v) is 4.93. The van der Waals surface area contributed by atoms with E-state index in [0.717, 1.165) is 31.9 Å². The number of aromatic amines is 1. The fourth-order valence-electron chi connectivity index (χ4n) is 2.57. The Hall–Kier alpha value is -1.83. The van der Waals surface area contributed by atoms with Crippen molar-refractivity contribution in [3.63, 3.8) is 0 Å². The Morgan fingerprint density at radius 2 is 2.10 bits per heavy atom. The van der Waals surface area contributed by atoms with Gasteiger partial charge in [-0.1, -0.05) is 6.42 Å². The predicted molar refractivity (Wildman–Crippen MR) is 67.9 cm³/mol. The van der Waals surface area contributed by atoms with Crippen LogP contribution in [0, 0.1) is 0 Å². The van der Waals surface area contributed by atoms with Crippen molar-refractivity contribution < 1.29 is 13.2 Å². The number of anilines is 1. The SMILES string of the molecule is Nc1[nH]nc2nc([C@@H]3CCCCN3)cc(C(F)(F)F)c12. The van der Waals surface area contributed by atoms with Crippen LogP contribution in [0.25, 0.3) is 11.0 Å². The summed E-state index contributed by atoms with van der Waals surface area (Å²) in [5.74, 6) is -0.108. The highest BCUT2D eigenvalue weighted by Gasteiger charge is 2.36. The maximum atomic E-state index is 13.2. The molecule has 1 aliphatic rings. The van der Waals surface area contributed by atoms with Crippen LogP contribution in [-0.2, 0) is 6.18 Å². The largest absolute Gasteiger partial charge is 0.417 e. The van der Waals surface area contributed by atoms with Gasteiger partial charge >= 0.3 is 6.18 Å². The normalized spacial score (nSPS) is 20.4. The number of rotatable bonds is 1. The minimum atomic E-state index is -4.48. The van der Waals surface area contributed by atoms with Crippen LogP contribution >= 0.6 is 0 Å². The lowest BCUT2D eigenvalue weighted by Gasteiger charge is -2.23. The summed E-state index contributed by atoms with van der Waals surface area (Å²) >= 11 is 0. The third-order valence-corrected chi connectivity index (χ3v) is 3.54. The molecular weight excluding hydrogens is 271 g/mol. The van der Waals surface area contributed by atoms with E-state index in [-0.39, 0.29) is 22.9 Å². The number of halogens is 3. The third-order valence-electron chi connectivity index (χ3n) is 3.54. The second kappa shape index (κ2) is 4.62. The van der Waals surface area contributed by atoms with E-state index in [0.29, 0.717) is 5.69 Å². The zero-order chi connectivity index (χ0) is 14.3. The van der Waals surface area contributed by atoms with E-state index in [2.05, 4.69) is 20.5 Å². The molecule has 0 unspecified atom stereocenters. The van der Waals surface area contributed by atoms with Gasteiger partial charge in [0.1, 0.15) is 5.82 Å². The van der Waals surface area contributed by atoms with Crippen molar-refractivity contribution in [1.82, 2.24) is 20.5 Å². The van der Waals surface area contributed by atoms with E-state index in [4.69, 9.17) is 5.73 Å². The van der Waals surface area contributed by atoms with Crippen LogP contribution in [0.4, 0.5) is 19.0 Å². The first-order chi connectivity index (χ1) is 9.47. The second-order valence-electron chi connectivity index (χ2n) is 4.93. The molecule has 1 saturated heterocycles.